The fourth-order valence-electron chi connectivity index (χ4n) is 1.92. The van der Waals surface area contributed by atoms with E-state index in [0.29, 0.717) is 21.6 Å². The normalized spacial score (nSPS) is 11.0. The summed E-state index contributed by atoms with van der Waals surface area (Å²) in [6.45, 7) is 3.59. The van der Waals surface area contributed by atoms with Gasteiger partial charge in [0.15, 0.2) is 0 Å². The van der Waals surface area contributed by atoms with E-state index in [4.69, 9.17) is 0 Å². The van der Waals surface area contributed by atoms with Crippen LogP contribution in [-0.4, -0.2) is 22.5 Å². The topological polar surface area (TPSA) is 83.4 Å². The van der Waals surface area contributed by atoms with Gasteiger partial charge in [0.2, 0.25) is 5.91 Å². The second-order valence-electron chi connectivity index (χ2n) is 5.21. The van der Waals surface area contributed by atoms with Crippen molar-refractivity contribution in [1.29, 1.82) is 0 Å². The summed E-state index contributed by atoms with van der Waals surface area (Å²) in [6.07, 6.45) is 1.69. The van der Waals surface area contributed by atoms with E-state index in [9.17, 15) is 9.59 Å². The Morgan fingerprint density at radius 1 is 1.25 bits per heavy atom. The highest BCUT2D eigenvalue weighted by Crippen LogP contribution is 2.15. The average molecular weight is 389 g/mol. The molecule has 0 radical (unpaired) electrons. The van der Waals surface area contributed by atoms with Crippen molar-refractivity contribution in [2.45, 2.75) is 20.3 Å². The van der Waals surface area contributed by atoms with Gasteiger partial charge in [-0.1, -0.05) is 12.1 Å². The smallest absolute Gasteiger partial charge is 0.272 e. The molecule has 2 amide bonds. The quantitative estimate of drug-likeness (QED) is 0.608. The van der Waals surface area contributed by atoms with Crippen LogP contribution in [0.2, 0.25) is 0 Å². The van der Waals surface area contributed by atoms with Crippen molar-refractivity contribution in [2.24, 2.45) is 5.10 Å². The van der Waals surface area contributed by atoms with Gasteiger partial charge in [-0.15, -0.1) is 0 Å². The number of rotatable bonds is 5. The van der Waals surface area contributed by atoms with Crippen molar-refractivity contribution >= 4 is 39.3 Å². The first-order chi connectivity index (χ1) is 11.5. The predicted molar refractivity (Wildman–Crippen MR) is 96.9 cm³/mol. The number of hydrogen-bond donors (Lipinski definition) is 2. The van der Waals surface area contributed by atoms with Gasteiger partial charge in [0, 0.05) is 16.4 Å². The molecule has 1 aromatic heterocycles. The van der Waals surface area contributed by atoms with Gasteiger partial charge in [-0.05, 0) is 59.6 Å². The molecule has 0 aliphatic carbocycles. The largest absolute Gasteiger partial charge is 0.310 e. The number of nitrogens with zero attached hydrogens (tertiary/aromatic N) is 2. The number of halogens is 1. The Morgan fingerprint density at radius 3 is 2.71 bits per heavy atom. The predicted octanol–water partition coefficient (Wildman–Crippen LogP) is 3.29. The van der Waals surface area contributed by atoms with Gasteiger partial charge in [0.25, 0.3) is 5.91 Å². The molecule has 0 fully saturated rings. The van der Waals surface area contributed by atoms with Gasteiger partial charge in [0.05, 0.1) is 12.0 Å². The van der Waals surface area contributed by atoms with E-state index in [2.05, 4.69) is 36.8 Å². The number of anilines is 1. The number of pyridine rings is 1. The third-order valence-electron chi connectivity index (χ3n) is 3.07. The molecule has 0 atom stereocenters. The number of carbonyl (C=O) groups is 2. The molecule has 6 nitrogen and oxygen atoms in total. The van der Waals surface area contributed by atoms with E-state index in [1.54, 1.807) is 37.4 Å². The summed E-state index contributed by atoms with van der Waals surface area (Å²) in [4.78, 5) is 28.0. The van der Waals surface area contributed by atoms with Crippen LogP contribution in [0.4, 0.5) is 5.82 Å². The van der Waals surface area contributed by atoms with Crippen LogP contribution in [0.1, 0.15) is 29.3 Å². The molecule has 0 saturated carbocycles. The molecule has 2 N–H and O–H groups in total. The summed E-state index contributed by atoms with van der Waals surface area (Å²) in [6, 6.07) is 10.7. The Hall–Kier alpha value is -2.54. The molecule has 2 aromatic rings. The highest BCUT2D eigenvalue weighted by atomic mass is 79.9. The Bertz CT molecular complexity index is 790. The standard InChI is InChI=1S/C17H17BrN4O2/c1-11-7-8-19-15(9-11)20-16(23)10-12(2)21-22-17(24)13-5-3-4-6-14(13)18/h3-9H,10H2,1-2H3,(H,22,24)(H,19,20,23)/b21-12+. The zero-order chi connectivity index (χ0) is 17.5. The lowest BCUT2D eigenvalue weighted by Gasteiger charge is -2.06. The van der Waals surface area contributed by atoms with Crippen LogP contribution < -0.4 is 10.7 Å². The summed E-state index contributed by atoms with van der Waals surface area (Å²) < 4.78 is 0.679. The molecule has 0 aliphatic rings. The molecule has 124 valence electrons. The van der Waals surface area contributed by atoms with Gasteiger partial charge in [-0.25, -0.2) is 10.4 Å². The van der Waals surface area contributed by atoms with Crippen molar-refractivity contribution in [3.8, 4) is 0 Å². The first kappa shape index (κ1) is 17.8. The van der Waals surface area contributed by atoms with Crippen molar-refractivity contribution in [1.82, 2.24) is 10.4 Å². The molecular formula is C17H17BrN4O2. The summed E-state index contributed by atoms with van der Waals surface area (Å²) in [7, 11) is 0. The van der Waals surface area contributed by atoms with Crippen molar-refractivity contribution in [2.75, 3.05) is 5.32 Å². The Balaban J connectivity index is 1.90. The van der Waals surface area contributed by atoms with Crippen LogP contribution in [0.25, 0.3) is 0 Å². The maximum Gasteiger partial charge on any atom is 0.272 e. The van der Waals surface area contributed by atoms with E-state index < -0.39 is 0 Å². The van der Waals surface area contributed by atoms with Gasteiger partial charge in [0.1, 0.15) is 5.82 Å². The zero-order valence-corrected chi connectivity index (χ0v) is 14.9. The van der Waals surface area contributed by atoms with Gasteiger partial charge < -0.3 is 5.32 Å². The zero-order valence-electron chi connectivity index (χ0n) is 13.3. The fraction of sp³-hybridized carbons (Fsp3) is 0.176. The minimum Gasteiger partial charge on any atom is -0.310 e. The van der Waals surface area contributed by atoms with Crippen LogP contribution in [0, 0.1) is 6.92 Å². The number of hydrogen-bond acceptors (Lipinski definition) is 4. The number of amides is 2. The molecule has 24 heavy (non-hydrogen) atoms. The Morgan fingerprint density at radius 2 is 2.00 bits per heavy atom. The molecular weight excluding hydrogens is 372 g/mol. The molecule has 0 spiro atoms. The fourth-order valence-corrected chi connectivity index (χ4v) is 2.38. The van der Waals surface area contributed by atoms with Crippen molar-refractivity contribution < 1.29 is 9.59 Å². The second-order valence-corrected chi connectivity index (χ2v) is 6.07. The maximum atomic E-state index is 12.0. The third-order valence-corrected chi connectivity index (χ3v) is 3.76. The van der Waals surface area contributed by atoms with Gasteiger partial charge in [-0.2, -0.15) is 5.10 Å². The average Bonchev–Trinajstić information content (AvgIpc) is 2.53. The first-order valence-corrected chi connectivity index (χ1v) is 8.05. The van der Waals surface area contributed by atoms with Crippen LogP contribution >= 0.6 is 15.9 Å². The minimum atomic E-state index is -0.345. The highest BCUT2D eigenvalue weighted by molar-refractivity contribution is 9.10. The van der Waals surface area contributed by atoms with Gasteiger partial charge >= 0.3 is 0 Å². The van der Waals surface area contributed by atoms with Crippen LogP contribution in [0.3, 0.4) is 0 Å². The lowest BCUT2D eigenvalue weighted by atomic mass is 10.2. The molecule has 0 bridgehead atoms. The summed E-state index contributed by atoms with van der Waals surface area (Å²) in [5.74, 6) is -0.0999. The van der Waals surface area contributed by atoms with Crippen molar-refractivity contribution in [3.05, 3.63) is 58.2 Å². The number of aryl methyl sites for hydroxylation is 1. The van der Waals surface area contributed by atoms with Crippen LogP contribution in [0.15, 0.2) is 52.2 Å². The van der Waals surface area contributed by atoms with Crippen molar-refractivity contribution in [3.63, 3.8) is 0 Å². The van der Waals surface area contributed by atoms with E-state index in [0.717, 1.165) is 5.56 Å². The van der Waals surface area contributed by atoms with E-state index in [1.165, 1.54) is 0 Å². The second kappa shape index (κ2) is 8.35. The number of carbonyl (C=O) groups excluding carboxylic acids is 2. The minimum absolute atomic E-state index is 0.0614. The molecule has 0 saturated heterocycles. The molecule has 1 heterocycles. The van der Waals surface area contributed by atoms with E-state index in [-0.39, 0.29) is 18.2 Å². The Kier molecular flexibility index (Phi) is 6.20. The van der Waals surface area contributed by atoms with Gasteiger partial charge in [-0.3, -0.25) is 9.59 Å². The first-order valence-electron chi connectivity index (χ1n) is 7.26. The molecule has 0 unspecified atom stereocenters. The number of hydrazone groups is 1. The molecule has 7 heteroatoms. The number of aromatic nitrogens is 1. The number of nitrogens with one attached hydrogen (secondary N) is 2. The monoisotopic (exact) mass is 388 g/mol. The lowest BCUT2D eigenvalue weighted by molar-refractivity contribution is -0.115. The summed E-state index contributed by atoms with van der Waals surface area (Å²) >= 11 is 3.31. The summed E-state index contributed by atoms with van der Waals surface area (Å²) in [5.41, 5.74) is 4.41. The molecule has 2 rings (SSSR count). The SMILES string of the molecule is C/C(CC(=O)Nc1cc(C)ccn1)=N\NC(=O)c1ccccc1Br. The molecule has 1 aromatic carbocycles. The van der Waals surface area contributed by atoms with Crippen LogP contribution in [-0.2, 0) is 4.79 Å². The van der Waals surface area contributed by atoms with E-state index >= 15 is 0 Å². The van der Waals surface area contributed by atoms with Crippen LogP contribution in [0.5, 0.6) is 0 Å². The molecule has 0 aliphatic heterocycles. The maximum absolute atomic E-state index is 12.0. The lowest BCUT2D eigenvalue weighted by Crippen LogP contribution is -2.22. The summed E-state index contributed by atoms with van der Waals surface area (Å²) in [5, 5.41) is 6.65. The van der Waals surface area contributed by atoms with E-state index in [1.807, 2.05) is 19.1 Å². The highest BCUT2D eigenvalue weighted by Gasteiger charge is 2.09. The Labute approximate surface area is 148 Å². The third kappa shape index (κ3) is 5.27. The number of benzene rings is 1.